The molecule has 3 aromatic rings. The molecule has 0 aliphatic rings. The Labute approximate surface area is 169 Å². The third kappa shape index (κ3) is 4.39. The van der Waals surface area contributed by atoms with Crippen molar-refractivity contribution in [3.8, 4) is 0 Å². The average molecular weight is 395 g/mol. The molecule has 0 atom stereocenters. The molecule has 0 spiro atoms. The van der Waals surface area contributed by atoms with Crippen LogP contribution in [0.1, 0.15) is 31.9 Å². The standard InChI is InChI=1S/C22H25N3O4/c1-14-17(25(21(27)28)22(2,3)4)11-10-16-18(14)19(26)29-20(24-16)23-13-12-15-8-6-5-7-9-15/h5-11H,12-13H2,1-4H3,(H,23,24)(H,27,28). The van der Waals surface area contributed by atoms with Crippen LogP contribution in [0.2, 0.25) is 0 Å². The van der Waals surface area contributed by atoms with Gasteiger partial charge >= 0.3 is 11.7 Å². The van der Waals surface area contributed by atoms with Gasteiger partial charge in [0.1, 0.15) is 0 Å². The largest absolute Gasteiger partial charge is 0.465 e. The summed E-state index contributed by atoms with van der Waals surface area (Å²) in [4.78, 5) is 30.1. The molecule has 152 valence electrons. The zero-order valence-electron chi connectivity index (χ0n) is 17.0. The number of anilines is 2. The summed E-state index contributed by atoms with van der Waals surface area (Å²) in [6, 6.07) is 13.4. The van der Waals surface area contributed by atoms with Gasteiger partial charge in [0.25, 0.3) is 6.01 Å². The highest BCUT2D eigenvalue weighted by molar-refractivity contribution is 5.94. The molecule has 7 heteroatoms. The molecule has 1 aromatic heterocycles. The van der Waals surface area contributed by atoms with Gasteiger partial charge in [-0.1, -0.05) is 30.3 Å². The van der Waals surface area contributed by atoms with Crippen LogP contribution in [0.25, 0.3) is 10.9 Å². The third-order valence-corrected chi connectivity index (χ3v) is 4.67. The first kappa shape index (κ1) is 20.4. The molecule has 29 heavy (non-hydrogen) atoms. The first-order valence-corrected chi connectivity index (χ1v) is 9.44. The van der Waals surface area contributed by atoms with Crippen molar-refractivity contribution in [1.82, 2.24) is 4.98 Å². The SMILES string of the molecule is Cc1c(N(C(=O)O)C(C)(C)C)ccc2nc(NCCc3ccccc3)oc(=O)c12. The number of rotatable bonds is 5. The zero-order chi connectivity index (χ0) is 21.2. The van der Waals surface area contributed by atoms with Crippen LogP contribution in [-0.2, 0) is 6.42 Å². The molecular formula is C22H25N3O4. The third-order valence-electron chi connectivity index (χ3n) is 4.67. The monoisotopic (exact) mass is 395 g/mol. The van der Waals surface area contributed by atoms with E-state index in [0.717, 1.165) is 6.42 Å². The molecule has 0 fully saturated rings. The fraction of sp³-hybridized carbons (Fsp3) is 0.318. The Morgan fingerprint density at radius 1 is 1.17 bits per heavy atom. The number of amides is 1. The number of aromatic nitrogens is 1. The molecule has 0 aliphatic heterocycles. The van der Waals surface area contributed by atoms with Crippen LogP contribution in [0.5, 0.6) is 0 Å². The van der Waals surface area contributed by atoms with E-state index < -0.39 is 17.3 Å². The van der Waals surface area contributed by atoms with Gasteiger partial charge in [-0.05, 0) is 57.4 Å². The Kier molecular flexibility index (Phi) is 5.59. The van der Waals surface area contributed by atoms with E-state index >= 15 is 0 Å². The molecule has 0 aliphatic carbocycles. The molecule has 0 unspecified atom stereocenters. The van der Waals surface area contributed by atoms with E-state index in [1.54, 1.807) is 39.8 Å². The van der Waals surface area contributed by atoms with Crippen LogP contribution >= 0.6 is 0 Å². The molecule has 1 heterocycles. The summed E-state index contributed by atoms with van der Waals surface area (Å²) in [6.07, 6.45) is -0.321. The Bertz CT molecular complexity index is 1080. The summed E-state index contributed by atoms with van der Waals surface area (Å²) in [5, 5.41) is 13.0. The van der Waals surface area contributed by atoms with Crippen LogP contribution < -0.4 is 15.8 Å². The number of benzene rings is 2. The van der Waals surface area contributed by atoms with Crippen LogP contribution in [0.3, 0.4) is 0 Å². The quantitative estimate of drug-likeness (QED) is 0.663. The lowest BCUT2D eigenvalue weighted by atomic mass is 10.0. The Hall–Kier alpha value is -3.35. The van der Waals surface area contributed by atoms with Gasteiger partial charge in [0, 0.05) is 12.1 Å². The molecule has 1 amide bonds. The number of nitrogens with one attached hydrogen (secondary N) is 1. The van der Waals surface area contributed by atoms with Crippen molar-refractivity contribution in [2.75, 3.05) is 16.8 Å². The summed E-state index contributed by atoms with van der Waals surface area (Å²) in [7, 11) is 0. The zero-order valence-corrected chi connectivity index (χ0v) is 17.0. The summed E-state index contributed by atoms with van der Waals surface area (Å²) < 4.78 is 5.35. The Balaban J connectivity index is 1.91. The highest BCUT2D eigenvalue weighted by atomic mass is 16.4. The normalized spacial score (nSPS) is 11.4. The number of hydrogen-bond acceptors (Lipinski definition) is 5. The molecule has 7 nitrogen and oxygen atoms in total. The second-order valence-electron chi connectivity index (χ2n) is 7.86. The van der Waals surface area contributed by atoms with Crippen molar-refractivity contribution in [3.63, 3.8) is 0 Å². The highest BCUT2D eigenvalue weighted by Gasteiger charge is 2.30. The van der Waals surface area contributed by atoms with E-state index in [1.165, 1.54) is 10.5 Å². The predicted octanol–water partition coefficient (Wildman–Crippen LogP) is 4.43. The molecule has 0 bridgehead atoms. The lowest BCUT2D eigenvalue weighted by molar-refractivity contribution is 0.195. The second kappa shape index (κ2) is 7.95. The van der Waals surface area contributed by atoms with Crippen molar-refractivity contribution in [2.45, 2.75) is 39.7 Å². The van der Waals surface area contributed by atoms with Gasteiger partial charge in [-0.25, -0.2) is 9.59 Å². The minimum Gasteiger partial charge on any atom is -0.465 e. The average Bonchev–Trinajstić information content (AvgIpc) is 2.63. The maximum absolute atomic E-state index is 12.6. The van der Waals surface area contributed by atoms with Gasteiger partial charge < -0.3 is 14.8 Å². The van der Waals surface area contributed by atoms with Crippen LogP contribution in [0, 0.1) is 6.92 Å². The van der Waals surface area contributed by atoms with Gasteiger partial charge in [0.05, 0.1) is 16.6 Å². The van der Waals surface area contributed by atoms with Crippen molar-refractivity contribution < 1.29 is 14.3 Å². The van der Waals surface area contributed by atoms with E-state index in [2.05, 4.69) is 10.3 Å². The molecule has 0 saturated heterocycles. The van der Waals surface area contributed by atoms with Crippen molar-refractivity contribution in [1.29, 1.82) is 0 Å². The molecule has 0 saturated carbocycles. The molecule has 2 N–H and O–H groups in total. The van der Waals surface area contributed by atoms with Gasteiger partial charge in [0.2, 0.25) is 0 Å². The van der Waals surface area contributed by atoms with E-state index in [4.69, 9.17) is 4.42 Å². The van der Waals surface area contributed by atoms with Crippen LogP contribution in [0.15, 0.2) is 51.7 Å². The topological polar surface area (TPSA) is 95.7 Å². The van der Waals surface area contributed by atoms with Crippen LogP contribution in [0.4, 0.5) is 16.5 Å². The second-order valence-corrected chi connectivity index (χ2v) is 7.86. The van der Waals surface area contributed by atoms with Crippen molar-refractivity contribution >= 4 is 28.7 Å². The smallest absolute Gasteiger partial charge is 0.412 e. The summed E-state index contributed by atoms with van der Waals surface area (Å²) in [6.45, 7) is 7.67. The van der Waals surface area contributed by atoms with Gasteiger partial charge in [-0.2, -0.15) is 4.98 Å². The van der Waals surface area contributed by atoms with Crippen molar-refractivity contribution in [3.05, 3.63) is 64.0 Å². The van der Waals surface area contributed by atoms with Gasteiger partial charge in [0.15, 0.2) is 0 Å². The minimum atomic E-state index is -1.09. The Morgan fingerprint density at radius 3 is 2.48 bits per heavy atom. The number of nitrogens with zero attached hydrogens (tertiary/aromatic N) is 2. The summed E-state index contributed by atoms with van der Waals surface area (Å²) >= 11 is 0. The maximum atomic E-state index is 12.6. The molecular weight excluding hydrogens is 370 g/mol. The molecule has 0 radical (unpaired) electrons. The van der Waals surface area contributed by atoms with E-state index in [0.29, 0.717) is 23.3 Å². The predicted molar refractivity (Wildman–Crippen MR) is 114 cm³/mol. The molecule has 3 rings (SSSR count). The van der Waals surface area contributed by atoms with E-state index in [9.17, 15) is 14.7 Å². The molecule has 2 aromatic carbocycles. The summed E-state index contributed by atoms with van der Waals surface area (Å²) in [5.74, 6) is 0. The van der Waals surface area contributed by atoms with Crippen LogP contribution in [-0.4, -0.2) is 28.3 Å². The number of aryl methyl sites for hydroxylation is 1. The number of hydrogen-bond donors (Lipinski definition) is 2. The van der Waals surface area contributed by atoms with E-state index in [-0.39, 0.29) is 11.4 Å². The first-order chi connectivity index (χ1) is 13.7. The fourth-order valence-corrected chi connectivity index (χ4v) is 3.34. The van der Waals surface area contributed by atoms with Gasteiger partial charge in [-0.15, -0.1) is 0 Å². The van der Waals surface area contributed by atoms with Crippen molar-refractivity contribution in [2.24, 2.45) is 0 Å². The lowest BCUT2D eigenvalue weighted by Crippen LogP contribution is -2.45. The number of carbonyl (C=O) groups is 1. The summed E-state index contributed by atoms with van der Waals surface area (Å²) in [5.41, 5.74) is 1.38. The Morgan fingerprint density at radius 2 is 1.86 bits per heavy atom. The first-order valence-electron chi connectivity index (χ1n) is 9.44. The fourth-order valence-electron chi connectivity index (χ4n) is 3.34. The number of fused-ring (bicyclic) bond motifs is 1. The highest BCUT2D eigenvalue weighted by Crippen LogP contribution is 2.31. The number of carboxylic acid groups (broad SMARTS) is 1. The van der Waals surface area contributed by atoms with E-state index in [1.807, 2.05) is 30.3 Å². The minimum absolute atomic E-state index is 0.150. The van der Waals surface area contributed by atoms with Gasteiger partial charge in [-0.3, -0.25) is 4.90 Å². The maximum Gasteiger partial charge on any atom is 0.412 e. The lowest BCUT2D eigenvalue weighted by Gasteiger charge is -2.34.